The maximum absolute atomic E-state index is 11.8. The van der Waals surface area contributed by atoms with Crippen LogP contribution in [0.3, 0.4) is 0 Å². The Morgan fingerprint density at radius 1 is 1.19 bits per heavy atom. The van der Waals surface area contributed by atoms with Crippen molar-refractivity contribution in [1.29, 1.82) is 0 Å². The zero-order valence-corrected chi connectivity index (χ0v) is 11.5. The normalized spacial score (nSPS) is 9.95. The summed E-state index contributed by atoms with van der Waals surface area (Å²) in [6.45, 7) is 2.13. The highest BCUT2D eigenvalue weighted by Gasteiger charge is 2.12. The van der Waals surface area contributed by atoms with Crippen LogP contribution in [0.4, 0.5) is 10.5 Å². The van der Waals surface area contributed by atoms with Crippen molar-refractivity contribution in [2.75, 3.05) is 5.32 Å². The van der Waals surface area contributed by atoms with E-state index in [0.29, 0.717) is 6.54 Å². The second-order valence-corrected chi connectivity index (χ2v) is 4.52. The molecule has 1 aromatic heterocycles. The van der Waals surface area contributed by atoms with Gasteiger partial charge in [-0.1, -0.05) is 11.6 Å². The number of hydrogen-bond acceptors (Lipinski definition) is 3. The van der Waals surface area contributed by atoms with Crippen LogP contribution in [0.25, 0.3) is 0 Å². The standard InChI is InChI=1S/C15H15N3O3/c1-10-2-3-13(12(8-10)14(19)20)18-15(21)17-9-11-4-6-16-7-5-11/h2-8H,9H2,1H3,(H,19,20)(H2,17,18,21). The number of aromatic carboxylic acids is 1. The molecule has 2 rings (SSSR count). The fourth-order valence-electron chi connectivity index (χ4n) is 1.79. The maximum atomic E-state index is 11.8. The van der Waals surface area contributed by atoms with Crippen LogP contribution in [-0.2, 0) is 6.54 Å². The third kappa shape index (κ3) is 4.04. The summed E-state index contributed by atoms with van der Waals surface area (Å²) >= 11 is 0. The van der Waals surface area contributed by atoms with E-state index < -0.39 is 12.0 Å². The van der Waals surface area contributed by atoms with Gasteiger partial charge in [-0.2, -0.15) is 0 Å². The number of rotatable bonds is 4. The van der Waals surface area contributed by atoms with E-state index in [-0.39, 0.29) is 11.3 Å². The zero-order chi connectivity index (χ0) is 15.2. The van der Waals surface area contributed by atoms with Crippen molar-refractivity contribution < 1.29 is 14.7 Å². The molecule has 21 heavy (non-hydrogen) atoms. The van der Waals surface area contributed by atoms with E-state index in [2.05, 4.69) is 15.6 Å². The first-order valence-corrected chi connectivity index (χ1v) is 6.34. The number of benzene rings is 1. The van der Waals surface area contributed by atoms with Gasteiger partial charge in [0, 0.05) is 18.9 Å². The molecule has 0 atom stereocenters. The van der Waals surface area contributed by atoms with Crippen molar-refractivity contribution in [2.45, 2.75) is 13.5 Å². The summed E-state index contributed by atoms with van der Waals surface area (Å²) in [5, 5.41) is 14.3. The molecule has 2 aromatic rings. The minimum absolute atomic E-state index is 0.0639. The lowest BCUT2D eigenvalue weighted by Crippen LogP contribution is -2.28. The molecule has 1 heterocycles. The van der Waals surface area contributed by atoms with E-state index in [1.807, 2.05) is 0 Å². The van der Waals surface area contributed by atoms with Crippen molar-refractivity contribution in [3.8, 4) is 0 Å². The lowest BCUT2D eigenvalue weighted by atomic mass is 10.1. The number of hydrogen-bond donors (Lipinski definition) is 3. The summed E-state index contributed by atoms with van der Waals surface area (Å²) in [4.78, 5) is 26.9. The number of aryl methyl sites for hydroxylation is 1. The van der Waals surface area contributed by atoms with Crippen LogP contribution < -0.4 is 10.6 Å². The maximum Gasteiger partial charge on any atom is 0.337 e. The van der Waals surface area contributed by atoms with Gasteiger partial charge in [0.15, 0.2) is 0 Å². The molecule has 1 aromatic carbocycles. The third-order valence-corrected chi connectivity index (χ3v) is 2.86. The number of aromatic nitrogens is 1. The van der Waals surface area contributed by atoms with E-state index in [0.717, 1.165) is 11.1 Å². The topological polar surface area (TPSA) is 91.3 Å². The van der Waals surface area contributed by atoms with Gasteiger partial charge in [-0.3, -0.25) is 4.98 Å². The number of nitrogens with zero attached hydrogens (tertiary/aromatic N) is 1. The quantitative estimate of drug-likeness (QED) is 0.804. The Bertz CT molecular complexity index is 656. The Morgan fingerprint density at radius 2 is 1.90 bits per heavy atom. The zero-order valence-electron chi connectivity index (χ0n) is 11.5. The molecular formula is C15H15N3O3. The largest absolute Gasteiger partial charge is 0.478 e. The van der Waals surface area contributed by atoms with E-state index in [9.17, 15) is 9.59 Å². The molecule has 2 amide bonds. The van der Waals surface area contributed by atoms with Crippen molar-refractivity contribution in [1.82, 2.24) is 10.3 Å². The molecule has 0 saturated heterocycles. The van der Waals surface area contributed by atoms with Gasteiger partial charge in [0.1, 0.15) is 0 Å². The first kappa shape index (κ1) is 14.5. The second-order valence-electron chi connectivity index (χ2n) is 4.52. The van der Waals surface area contributed by atoms with Crippen molar-refractivity contribution in [2.24, 2.45) is 0 Å². The third-order valence-electron chi connectivity index (χ3n) is 2.86. The molecule has 0 aliphatic rings. The Balaban J connectivity index is 2.01. The highest BCUT2D eigenvalue weighted by Crippen LogP contribution is 2.17. The summed E-state index contributed by atoms with van der Waals surface area (Å²) in [5.41, 5.74) is 2.05. The van der Waals surface area contributed by atoms with Gasteiger partial charge in [0.05, 0.1) is 11.3 Å². The van der Waals surface area contributed by atoms with Gasteiger partial charge in [-0.25, -0.2) is 9.59 Å². The van der Waals surface area contributed by atoms with E-state index in [1.165, 1.54) is 6.07 Å². The number of anilines is 1. The van der Waals surface area contributed by atoms with Gasteiger partial charge in [-0.05, 0) is 36.8 Å². The van der Waals surface area contributed by atoms with Gasteiger partial charge in [-0.15, -0.1) is 0 Å². The predicted molar refractivity (Wildman–Crippen MR) is 78.2 cm³/mol. The van der Waals surface area contributed by atoms with Crippen LogP contribution >= 0.6 is 0 Å². The lowest BCUT2D eigenvalue weighted by Gasteiger charge is -2.10. The Labute approximate surface area is 121 Å². The Morgan fingerprint density at radius 3 is 2.57 bits per heavy atom. The number of carbonyl (C=O) groups is 2. The molecule has 108 valence electrons. The number of amides is 2. The lowest BCUT2D eigenvalue weighted by molar-refractivity contribution is 0.0698. The molecule has 0 radical (unpaired) electrons. The summed E-state index contributed by atoms with van der Waals surface area (Å²) in [7, 11) is 0. The Hall–Kier alpha value is -2.89. The Kier molecular flexibility index (Phi) is 4.50. The van der Waals surface area contributed by atoms with Gasteiger partial charge >= 0.3 is 12.0 Å². The number of nitrogens with one attached hydrogen (secondary N) is 2. The minimum Gasteiger partial charge on any atom is -0.478 e. The predicted octanol–water partition coefficient (Wildman–Crippen LogP) is 2.41. The van der Waals surface area contributed by atoms with Crippen molar-refractivity contribution in [3.05, 3.63) is 59.4 Å². The van der Waals surface area contributed by atoms with Crippen LogP contribution in [0.15, 0.2) is 42.7 Å². The monoisotopic (exact) mass is 285 g/mol. The van der Waals surface area contributed by atoms with Gasteiger partial charge in [0.2, 0.25) is 0 Å². The molecule has 0 unspecified atom stereocenters. The number of urea groups is 1. The molecule has 0 aliphatic heterocycles. The first-order chi connectivity index (χ1) is 10.1. The molecule has 0 bridgehead atoms. The van der Waals surface area contributed by atoms with E-state index >= 15 is 0 Å². The molecular weight excluding hydrogens is 270 g/mol. The molecule has 0 saturated carbocycles. The average Bonchev–Trinajstić information content (AvgIpc) is 2.48. The molecule has 0 spiro atoms. The fraction of sp³-hybridized carbons (Fsp3) is 0.133. The summed E-state index contributed by atoms with van der Waals surface area (Å²) in [5.74, 6) is -1.08. The van der Waals surface area contributed by atoms with E-state index in [4.69, 9.17) is 5.11 Å². The van der Waals surface area contributed by atoms with Crippen LogP contribution in [0.1, 0.15) is 21.5 Å². The average molecular weight is 285 g/mol. The smallest absolute Gasteiger partial charge is 0.337 e. The molecule has 0 fully saturated rings. The van der Waals surface area contributed by atoms with Crippen LogP contribution in [-0.4, -0.2) is 22.1 Å². The number of carboxylic acid groups (broad SMARTS) is 1. The second kappa shape index (κ2) is 6.51. The summed E-state index contributed by atoms with van der Waals surface area (Å²) < 4.78 is 0. The fourth-order valence-corrected chi connectivity index (χ4v) is 1.79. The number of carboxylic acids is 1. The molecule has 6 heteroatoms. The number of carbonyl (C=O) groups excluding carboxylic acids is 1. The van der Waals surface area contributed by atoms with Crippen molar-refractivity contribution in [3.63, 3.8) is 0 Å². The van der Waals surface area contributed by atoms with E-state index in [1.54, 1.807) is 43.6 Å². The number of pyridine rings is 1. The summed E-state index contributed by atoms with van der Waals surface area (Å²) in [6, 6.07) is 7.94. The molecule has 6 nitrogen and oxygen atoms in total. The molecule has 3 N–H and O–H groups in total. The first-order valence-electron chi connectivity index (χ1n) is 6.34. The molecule has 0 aliphatic carbocycles. The highest BCUT2D eigenvalue weighted by molar-refractivity contribution is 6.00. The van der Waals surface area contributed by atoms with Gasteiger partial charge < -0.3 is 15.7 Å². The summed E-state index contributed by atoms with van der Waals surface area (Å²) in [6.07, 6.45) is 3.27. The minimum atomic E-state index is -1.08. The van der Waals surface area contributed by atoms with Crippen LogP contribution in [0.2, 0.25) is 0 Å². The van der Waals surface area contributed by atoms with Gasteiger partial charge in [0.25, 0.3) is 0 Å². The van der Waals surface area contributed by atoms with Crippen molar-refractivity contribution >= 4 is 17.7 Å². The van der Waals surface area contributed by atoms with Crippen LogP contribution in [0, 0.1) is 6.92 Å². The SMILES string of the molecule is Cc1ccc(NC(=O)NCc2ccncc2)c(C(=O)O)c1. The van der Waals surface area contributed by atoms with Crippen LogP contribution in [0.5, 0.6) is 0 Å². The highest BCUT2D eigenvalue weighted by atomic mass is 16.4.